The summed E-state index contributed by atoms with van der Waals surface area (Å²) in [5.74, 6) is 1.39. The number of hydrogen-bond donors (Lipinski definition) is 1. The van der Waals surface area contributed by atoms with Crippen LogP contribution in [0.5, 0.6) is 11.5 Å². The number of carbonyl (C=O) groups excluding carboxylic acids is 2. The van der Waals surface area contributed by atoms with E-state index in [1.807, 2.05) is 73.7 Å². The van der Waals surface area contributed by atoms with E-state index in [-0.39, 0.29) is 18.2 Å². The Hall–Kier alpha value is -3.80. The van der Waals surface area contributed by atoms with Gasteiger partial charge in [-0.15, -0.1) is 0 Å². The van der Waals surface area contributed by atoms with E-state index in [0.717, 1.165) is 22.3 Å². The molecule has 202 valence electrons. The summed E-state index contributed by atoms with van der Waals surface area (Å²) in [6.45, 7) is 7.07. The van der Waals surface area contributed by atoms with Gasteiger partial charge >= 0.3 is 0 Å². The summed E-state index contributed by atoms with van der Waals surface area (Å²) in [7, 11) is 3.20. The number of nitrogens with zero attached hydrogens (tertiary/aromatic N) is 1. The van der Waals surface area contributed by atoms with Crippen LogP contribution in [-0.4, -0.2) is 43.5 Å². The highest BCUT2D eigenvalue weighted by atomic mass is 16.5. The molecule has 2 amide bonds. The van der Waals surface area contributed by atoms with Crippen LogP contribution >= 0.6 is 0 Å². The van der Waals surface area contributed by atoms with E-state index in [9.17, 15) is 9.59 Å². The van der Waals surface area contributed by atoms with Crippen LogP contribution in [0.25, 0.3) is 0 Å². The molecular weight excluding hydrogens is 476 g/mol. The van der Waals surface area contributed by atoms with E-state index in [1.165, 1.54) is 0 Å². The average Bonchev–Trinajstić information content (AvgIpc) is 2.92. The summed E-state index contributed by atoms with van der Waals surface area (Å²) in [4.78, 5) is 29.1. The normalized spacial score (nSPS) is 11.6. The number of rotatable bonds is 13. The third kappa shape index (κ3) is 8.37. The molecule has 38 heavy (non-hydrogen) atoms. The number of amides is 2. The van der Waals surface area contributed by atoms with E-state index >= 15 is 0 Å². The number of carbonyl (C=O) groups is 2. The van der Waals surface area contributed by atoms with Gasteiger partial charge in [0.2, 0.25) is 11.8 Å². The Kier molecular flexibility index (Phi) is 10.8. The lowest BCUT2D eigenvalue weighted by molar-refractivity contribution is -0.141. The average molecular weight is 517 g/mol. The fraction of sp³-hybridized carbons (Fsp3) is 0.375. The van der Waals surface area contributed by atoms with Crippen LogP contribution < -0.4 is 14.8 Å². The Morgan fingerprint density at radius 1 is 0.842 bits per heavy atom. The first-order chi connectivity index (χ1) is 18.3. The second-order valence-electron chi connectivity index (χ2n) is 10.0. The van der Waals surface area contributed by atoms with Crippen molar-refractivity contribution in [2.75, 3.05) is 20.8 Å². The van der Waals surface area contributed by atoms with Gasteiger partial charge < -0.3 is 19.7 Å². The maximum atomic E-state index is 13.8. The smallest absolute Gasteiger partial charge is 0.243 e. The summed E-state index contributed by atoms with van der Waals surface area (Å²) < 4.78 is 10.8. The lowest BCUT2D eigenvalue weighted by Gasteiger charge is -2.32. The molecule has 1 N–H and O–H groups in total. The topological polar surface area (TPSA) is 67.9 Å². The van der Waals surface area contributed by atoms with Crippen molar-refractivity contribution in [3.63, 3.8) is 0 Å². The second kappa shape index (κ2) is 14.2. The summed E-state index contributed by atoms with van der Waals surface area (Å²) >= 11 is 0. The van der Waals surface area contributed by atoms with Gasteiger partial charge in [-0.05, 0) is 48.1 Å². The van der Waals surface area contributed by atoms with Gasteiger partial charge in [0.1, 0.15) is 6.04 Å². The third-order valence-corrected chi connectivity index (χ3v) is 6.47. The van der Waals surface area contributed by atoms with E-state index in [2.05, 4.69) is 25.2 Å². The van der Waals surface area contributed by atoms with Crippen LogP contribution in [0, 0.1) is 12.8 Å². The SMILES string of the molecule is COc1ccc(CCC(=O)N(Cc2cccc(C)c2)[C@@H](Cc2ccccc2)C(=O)NCC(C)C)cc1OC. The predicted octanol–water partition coefficient (Wildman–Crippen LogP) is 5.36. The van der Waals surface area contributed by atoms with Crippen molar-refractivity contribution in [3.8, 4) is 11.5 Å². The molecule has 3 aromatic carbocycles. The Balaban J connectivity index is 1.90. The Morgan fingerprint density at radius 2 is 1.55 bits per heavy atom. The third-order valence-electron chi connectivity index (χ3n) is 6.47. The highest BCUT2D eigenvalue weighted by Gasteiger charge is 2.30. The summed E-state index contributed by atoms with van der Waals surface area (Å²) in [6, 6.07) is 23.0. The minimum atomic E-state index is -0.630. The summed E-state index contributed by atoms with van der Waals surface area (Å²) in [6.07, 6.45) is 1.23. The fourth-order valence-corrected chi connectivity index (χ4v) is 4.41. The highest BCUT2D eigenvalue weighted by Crippen LogP contribution is 2.28. The molecule has 3 aromatic rings. The molecule has 0 aliphatic carbocycles. The molecule has 6 heteroatoms. The quantitative estimate of drug-likeness (QED) is 0.332. The van der Waals surface area contributed by atoms with E-state index in [0.29, 0.717) is 43.3 Å². The Morgan fingerprint density at radius 3 is 2.21 bits per heavy atom. The molecular formula is C32H40N2O4. The predicted molar refractivity (Wildman–Crippen MR) is 151 cm³/mol. The van der Waals surface area contributed by atoms with Crippen molar-refractivity contribution >= 4 is 11.8 Å². The van der Waals surface area contributed by atoms with Crippen LogP contribution in [-0.2, 0) is 29.0 Å². The number of methoxy groups -OCH3 is 2. The Labute approximate surface area is 227 Å². The van der Waals surface area contributed by atoms with Gasteiger partial charge in [-0.25, -0.2) is 0 Å². The zero-order valence-electron chi connectivity index (χ0n) is 23.2. The van der Waals surface area contributed by atoms with Gasteiger partial charge in [0.05, 0.1) is 14.2 Å². The number of hydrogen-bond acceptors (Lipinski definition) is 4. The zero-order chi connectivity index (χ0) is 27.5. The van der Waals surface area contributed by atoms with Crippen molar-refractivity contribution in [1.29, 1.82) is 0 Å². The lowest BCUT2D eigenvalue weighted by atomic mass is 10.0. The van der Waals surface area contributed by atoms with Crippen LogP contribution in [0.2, 0.25) is 0 Å². The zero-order valence-corrected chi connectivity index (χ0v) is 23.2. The maximum Gasteiger partial charge on any atom is 0.243 e. The van der Waals surface area contributed by atoms with Gasteiger partial charge in [0.15, 0.2) is 11.5 Å². The number of nitrogens with one attached hydrogen (secondary N) is 1. The molecule has 0 unspecified atom stereocenters. The van der Waals surface area contributed by atoms with Crippen LogP contribution in [0.1, 0.15) is 42.5 Å². The Bertz CT molecular complexity index is 1190. The lowest BCUT2D eigenvalue weighted by Crippen LogP contribution is -2.51. The molecule has 0 aromatic heterocycles. The summed E-state index contributed by atoms with van der Waals surface area (Å²) in [5, 5.41) is 3.07. The van der Waals surface area contributed by atoms with Crippen molar-refractivity contribution in [1.82, 2.24) is 10.2 Å². The van der Waals surface area contributed by atoms with Crippen molar-refractivity contribution in [2.45, 2.75) is 52.6 Å². The molecule has 0 aliphatic heterocycles. The molecule has 6 nitrogen and oxygen atoms in total. The standard InChI is InChI=1S/C32H40N2O4/c1-23(2)21-33-32(36)28(19-25-11-7-6-8-12-25)34(22-27-13-9-10-24(3)18-27)31(35)17-15-26-14-16-29(37-4)30(20-26)38-5/h6-14,16,18,20,23,28H,15,17,19,21-22H2,1-5H3,(H,33,36)/t28-/m0/s1. The largest absolute Gasteiger partial charge is 0.493 e. The molecule has 3 rings (SSSR count). The monoisotopic (exact) mass is 516 g/mol. The fourth-order valence-electron chi connectivity index (χ4n) is 4.41. The van der Waals surface area contributed by atoms with E-state index < -0.39 is 6.04 Å². The molecule has 0 saturated carbocycles. The first kappa shape index (κ1) is 28.8. The first-order valence-electron chi connectivity index (χ1n) is 13.2. The first-order valence-corrected chi connectivity index (χ1v) is 13.2. The van der Waals surface area contributed by atoms with Gasteiger partial charge in [-0.1, -0.05) is 80.1 Å². The number of aryl methyl sites for hydroxylation is 2. The van der Waals surface area contributed by atoms with Gasteiger partial charge in [0, 0.05) is 25.9 Å². The van der Waals surface area contributed by atoms with E-state index in [4.69, 9.17) is 9.47 Å². The molecule has 0 radical (unpaired) electrons. The van der Waals surface area contributed by atoms with Crippen LogP contribution in [0.4, 0.5) is 0 Å². The minimum Gasteiger partial charge on any atom is -0.493 e. The summed E-state index contributed by atoms with van der Waals surface area (Å²) in [5.41, 5.74) is 4.10. The highest BCUT2D eigenvalue weighted by molar-refractivity contribution is 5.88. The number of ether oxygens (including phenoxy) is 2. The molecule has 0 saturated heterocycles. The van der Waals surface area contributed by atoms with Gasteiger partial charge in [-0.3, -0.25) is 9.59 Å². The van der Waals surface area contributed by atoms with Crippen molar-refractivity contribution in [2.24, 2.45) is 5.92 Å². The minimum absolute atomic E-state index is 0.0677. The molecule has 0 spiro atoms. The molecule has 1 atom stereocenters. The molecule has 0 heterocycles. The van der Waals surface area contributed by atoms with Crippen LogP contribution in [0.3, 0.4) is 0 Å². The van der Waals surface area contributed by atoms with E-state index in [1.54, 1.807) is 19.1 Å². The van der Waals surface area contributed by atoms with Gasteiger partial charge in [-0.2, -0.15) is 0 Å². The van der Waals surface area contributed by atoms with Crippen LogP contribution in [0.15, 0.2) is 72.8 Å². The number of benzene rings is 3. The van der Waals surface area contributed by atoms with Gasteiger partial charge in [0.25, 0.3) is 0 Å². The molecule has 0 bridgehead atoms. The molecule has 0 fully saturated rings. The molecule has 0 aliphatic rings. The maximum absolute atomic E-state index is 13.8. The second-order valence-corrected chi connectivity index (χ2v) is 10.0. The van der Waals surface area contributed by atoms with Crippen molar-refractivity contribution in [3.05, 3.63) is 95.1 Å². The van der Waals surface area contributed by atoms with Crippen molar-refractivity contribution < 1.29 is 19.1 Å².